The molecule has 7 unspecified atom stereocenters. The van der Waals surface area contributed by atoms with E-state index in [2.05, 4.69) is 83.0 Å². The molecule has 102 heavy (non-hydrogen) atoms. The van der Waals surface area contributed by atoms with Gasteiger partial charge in [-0.2, -0.15) is 36.2 Å². The number of guanidine groups is 1. The summed E-state index contributed by atoms with van der Waals surface area (Å²) in [5.41, 5.74) is 17.4. The minimum Gasteiger partial charge on any atom is -0.481 e. The van der Waals surface area contributed by atoms with Crippen LogP contribution in [0.25, 0.3) is 0 Å². The maximum atomic E-state index is 14.4. The van der Waals surface area contributed by atoms with Crippen LogP contribution in [0.1, 0.15) is 83.6 Å². The number of nitrogens with zero attached hydrogens (tertiary/aromatic N) is 1. The quantitative estimate of drug-likeness (QED) is 0.0131. The lowest BCUT2D eigenvalue weighted by atomic mass is 10.0. The van der Waals surface area contributed by atoms with Gasteiger partial charge in [0.1, 0.15) is 43.4 Å². The highest BCUT2D eigenvalue weighted by atomic mass is 32.2. The van der Waals surface area contributed by atoms with Gasteiger partial charge >= 0.3 is 5.97 Å². The largest absolute Gasteiger partial charge is 0.481 e. The molecule has 0 aromatic heterocycles. The van der Waals surface area contributed by atoms with E-state index in [0.717, 1.165) is 36.8 Å². The van der Waals surface area contributed by atoms with Crippen molar-refractivity contribution in [3.63, 3.8) is 0 Å². The minimum atomic E-state index is -1.37. The third-order valence-corrected chi connectivity index (χ3v) is 18.0. The predicted octanol–water partition coefficient (Wildman–Crippen LogP) is -3.41. The zero-order valence-electron chi connectivity index (χ0n) is 58.5. The van der Waals surface area contributed by atoms with Crippen molar-refractivity contribution in [1.82, 2.24) is 58.5 Å². The lowest BCUT2D eigenvalue weighted by Gasteiger charge is -2.25. The number of nitrogens with one attached hydrogen (secondary N) is 11. The van der Waals surface area contributed by atoms with Crippen LogP contribution in [0.2, 0.25) is 0 Å². The standard InChI is InChI=1S/C64H109N15O19S4/c1-3-4-32-101-42-55(83)70-20-22-94-24-26-96-28-30-97-29-27-95-25-23-93-21-19-69-54(82)39-98-38-53(81)68-17-9-8-15-48-61(90)79-51(41-100-33-11-10-31-99)63(92)76-47(16-12-18-71-64(66)67)60(89)73-37-52(80)74-46(35-57(85)86)36-72-44(2)59(88)77-49(34-45-13-6-5-7-14-45)62(91)78-50(58(65)87)40-102-43-56(84)75-48/h5-7,13-14,44,46-51,72,99H,3-4,8-12,15-43H2,1-2H3,(H2,65,87)(H,68,81)(H,69,82)(H,70,83)(H,73,89)(H,74,80)(H,75,84)(H,76,92)(H,77,88)(H,78,91)(H,79,90)(H,85,86)(H4,66,67,71). The highest BCUT2D eigenvalue weighted by Crippen LogP contribution is 2.13. The molecule has 0 aliphatic carbocycles. The molecule has 38 heteroatoms. The van der Waals surface area contributed by atoms with Crippen LogP contribution in [0.5, 0.6) is 0 Å². The topological polar surface area (TPSA) is 503 Å². The summed E-state index contributed by atoms with van der Waals surface area (Å²) in [6, 6.07) is -0.224. The Hall–Kier alpha value is -6.75. The van der Waals surface area contributed by atoms with E-state index in [1.165, 1.54) is 18.7 Å². The molecule has 0 radical (unpaired) electrons. The number of aliphatic carboxylic acids is 1. The van der Waals surface area contributed by atoms with Crippen molar-refractivity contribution in [2.45, 2.75) is 127 Å². The zero-order valence-corrected chi connectivity index (χ0v) is 61.9. The van der Waals surface area contributed by atoms with Crippen molar-refractivity contribution in [3.8, 4) is 0 Å². The lowest BCUT2D eigenvalue weighted by molar-refractivity contribution is -0.138. The van der Waals surface area contributed by atoms with Crippen molar-refractivity contribution >= 4 is 125 Å². The van der Waals surface area contributed by atoms with Crippen LogP contribution in [-0.4, -0.2) is 283 Å². The Balaban J connectivity index is 2.09. The van der Waals surface area contributed by atoms with Crippen molar-refractivity contribution < 1.29 is 91.1 Å². The van der Waals surface area contributed by atoms with Crippen molar-refractivity contribution in [3.05, 3.63) is 35.9 Å². The first-order valence-corrected chi connectivity index (χ1v) is 38.2. The maximum absolute atomic E-state index is 14.4. The number of unbranched alkanes of at least 4 members (excludes halogenated alkanes) is 3. The summed E-state index contributed by atoms with van der Waals surface area (Å²) in [5.74, 6) is -7.00. The summed E-state index contributed by atoms with van der Waals surface area (Å²) >= 11 is 8.13. The maximum Gasteiger partial charge on any atom is 0.305 e. The Kier molecular flexibility index (Phi) is 52.5. The number of ether oxygens (including phenoxy) is 6. The average molecular weight is 1520 g/mol. The van der Waals surface area contributed by atoms with Crippen molar-refractivity contribution in [2.24, 2.45) is 22.2 Å². The Morgan fingerprint density at radius 3 is 1.77 bits per heavy atom. The molecule has 7 atom stereocenters. The van der Waals surface area contributed by atoms with Gasteiger partial charge in [0.15, 0.2) is 5.96 Å². The Morgan fingerprint density at radius 1 is 0.608 bits per heavy atom. The second-order valence-corrected chi connectivity index (χ2v) is 26.9. The first-order chi connectivity index (χ1) is 49.1. The van der Waals surface area contributed by atoms with E-state index in [1.807, 2.05) is 0 Å². The molecule has 2 rings (SSSR count). The number of aliphatic imine (C=N–C) groups is 1. The van der Waals surface area contributed by atoms with Crippen molar-refractivity contribution in [1.29, 1.82) is 0 Å². The second kappa shape index (κ2) is 58.6. The summed E-state index contributed by atoms with van der Waals surface area (Å²) in [6.07, 6.45) is 3.57. The smallest absolute Gasteiger partial charge is 0.305 e. The number of carboxylic acid groups (broad SMARTS) is 1. The normalized spacial score (nSPS) is 19.4. The molecule has 34 nitrogen and oxygen atoms in total. The first-order valence-electron chi connectivity index (χ1n) is 34.1. The Morgan fingerprint density at radius 2 is 1.17 bits per heavy atom. The van der Waals surface area contributed by atoms with E-state index >= 15 is 0 Å². The number of nitrogens with two attached hydrogens (primary N) is 3. The molecule has 18 N–H and O–H groups in total. The summed E-state index contributed by atoms with van der Waals surface area (Å²) in [7, 11) is 0. The van der Waals surface area contributed by atoms with Gasteiger partial charge in [-0.3, -0.25) is 62.5 Å². The second-order valence-electron chi connectivity index (χ2n) is 23.1. The first kappa shape index (κ1) is 91.3. The number of hydrogen-bond donors (Lipinski definition) is 16. The Labute approximate surface area is 614 Å². The molecular weight excluding hydrogens is 1410 g/mol. The molecule has 1 heterocycles. The number of carbonyl (C=O) groups excluding carboxylic acids is 11. The van der Waals surface area contributed by atoms with Gasteiger partial charge in [-0.1, -0.05) is 43.7 Å². The number of primary amides is 1. The van der Waals surface area contributed by atoms with Gasteiger partial charge in [0.05, 0.1) is 103 Å². The summed E-state index contributed by atoms with van der Waals surface area (Å²) in [4.78, 5) is 163. The fraction of sp³-hybridized carbons (Fsp3) is 0.703. The van der Waals surface area contributed by atoms with Gasteiger partial charge in [0, 0.05) is 50.7 Å². The molecule has 578 valence electrons. The van der Waals surface area contributed by atoms with Crippen LogP contribution < -0.4 is 75.7 Å². The summed E-state index contributed by atoms with van der Waals surface area (Å²) in [5, 5.41) is 39.1. The molecule has 0 spiro atoms. The molecule has 1 aromatic rings. The number of rotatable bonds is 47. The SMILES string of the molecule is CCCCSCC(=O)NCCOCCOCCOCCOCCOCCNC(=O)COCC(=O)NCCCCC1NC(=O)CSCC(C(N)=O)NC(=O)C(Cc2ccccc2)NC(=O)C(C)NCC(CC(=O)O)NC(=O)CNC(=O)C(CCCN=C(N)N)NC(=O)C(CSCCCCS)NC1=O. The third kappa shape index (κ3) is 47.5. The highest BCUT2D eigenvalue weighted by Gasteiger charge is 2.32. The summed E-state index contributed by atoms with van der Waals surface area (Å²) in [6.45, 7) is 6.00. The molecular formula is C64H109N15O19S4. The van der Waals surface area contributed by atoms with Crippen LogP contribution >= 0.6 is 47.9 Å². The molecule has 0 saturated carbocycles. The number of carbonyl (C=O) groups is 12. The molecule has 0 bridgehead atoms. The fourth-order valence-corrected chi connectivity index (χ4v) is 12.1. The molecule has 1 saturated heterocycles. The van der Waals surface area contributed by atoms with Crippen LogP contribution in [0.3, 0.4) is 0 Å². The monoisotopic (exact) mass is 1520 g/mol. The number of benzene rings is 1. The van der Waals surface area contributed by atoms with Gasteiger partial charge in [-0.25, -0.2) is 0 Å². The van der Waals surface area contributed by atoms with E-state index in [9.17, 15) is 62.6 Å². The van der Waals surface area contributed by atoms with Gasteiger partial charge in [-0.15, -0.1) is 11.8 Å². The fourth-order valence-electron chi connectivity index (χ4n) is 8.99. The van der Waals surface area contributed by atoms with Crippen LogP contribution in [-0.2, 0) is 92.4 Å². The minimum absolute atomic E-state index is 0.00311. The molecule has 1 fully saturated rings. The van der Waals surface area contributed by atoms with Gasteiger partial charge in [0.25, 0.3) is 0 Å². The molecule has 1 aliphatic rings. The van der Waals surface area contributed by atoms with Gasteiger partial charge in [-0.05, 0) is 81.1 Å². The highest BCUT2D eigenvalue weighted by molar-refractivity contribution is 8.00. The van der Waals surface area contributed by atoms with E-state index in [-0.39, 0.29) is 107 Å². The summed E-state index contributed by atoms with van der Waals surface area (Å²) < 4.78 is 32.7. The van der Waals surface area contributed by atoms with E-state index in [1.54, 1.807) is 42.1 Å². The van der Waals surface area contributed by atoms with Crippen LogP contribution in [0.4, 0.5) is 0 Å². The third-order valence-electron chi connectivity index (χ3n) is 14.4. The Bertz CT molecular complexity index is 2680. The molecule has 1 aliphatic heterocycles. The number of hydrogen-bond acceptors (Lipinski definition) is 24. The van der Waals surface area contributed by atoms with Crippen LogP contribution in [0, 0.1) is 0 Å². The van der Waals surface area contributed by atoms with Crippen molar-refractivity contribution in [2.75, 3.05) is 159 Å². The lowest BCUT2D eigenvalue weighted by Crippen LogP contribution is -2.58. The molecule has 11 amide bonds. The zero-order chi connectivity index (χ0) is 75.0. The number of thiol groups is 1. The molecule has 1 aromatic carbocycles. The van der Waals surface area contributed by atoms with Gasteiger partial charge < -0.3 is 109 Å². The van der Waals surface area contributed by atoms with E-state index in [0.29, 0.717) is 88.6 Å². The van der Waals surface area contributed by atoms with E-state index in [4.69, 9.17) is 45.6 Å². The van der Waals surface area contributed by atoms with Crippen LogP contribution in [0.15, 0.2) is 35.3 Å². The van der Waals surface area contributed by atoms with Gasteiger partial charge in [0.2, 0.25) is 65.0 Å². The number of amides is 11. The van der Waals surface area contributed by atoms with E-state index < -0.39 is 134 Å². The average Bonchev–Trinajstić information content (AvgIpc) is 1.15. The predicted molar refractivity (Wildman–Crippen MR) is 391 cm³/mol. The number of thioether (sulfide) groups is 3. The number of carboxylic acids is 1.